The van der Waals surface area contributed by atoms with E-state index in [4.69, 9.17) is 4.74 Å². The molecule has 0 amide bonds. The number of rotatable bonds is 6. The summed E-state index contributed by atoms with van der Waals surface area (Å²) in [6.07, 6.45) is 3.32. The van der Waals surface area contributed by atoms with E-state index in [1.165, 1.54) is 24.8 Å². The van der Waals surface area contributed by atoms with Crippen LogP contribution in [-0.2, 0) is 0 Å². The van der Waals surface area contributed by atoms with Crippen LogP contribution in [0.3, 0.4) is 0 Å². The highest BCUT2D eigenvalue weighted by atomic mass is 35.5. The van der Waals surface area contributed by atoms with Crippen molar-refractivity contribution in [2.24, 2.45) is 0 Å². The molecule has 1 aliphatic rings. The number of nitrogens with zero attached hydrogens (tertiary/aromatic N) is 1. The lowest BCUT2D eigenvalue weighted by Gasteiger charge is -2.40. The predicted octanol–water partition coefficient (Wildman–Crippen LogP) is 4.23. The number of piperidine rings is 1. The molecule has 0 bridgehead atoms. The molecule has 3 nitrogen and oxygen atoms in total. The summed E-state index contributed by atoms with van der Waals surface area (Å²) in [6.45, 7) is 9.94. The van der Waals surface area contributed by atoms with Crippen LogP contribution in [0.4, 0.5) is 0 Å². The zero-order valence-electron chi connectivity index (χ0n) is 14.9. The summed E-state index contributed by atoms with van der Waals surface area (Å²) < 4.78 is 5.74. The van der Waals surface area contributed by atoms with Crippen LogP contribution in [0.1, 0.15) is 58.4 Å². The number of hydrogen-bond donors (Lipinski definition) is 1. The Morgan fingerprint density at radius 3 is 2.22 bits per heavy atom. The number of benzene rings is 1. The molecule has 132 valence electrons. The van der Waals surface area contributed by atoms with Crippen LogP contribution in [0.25, 0.3) is 0 Å². The minimum Gasteiger partial charge on any atom is -0.491 e. The second kappa shape index (κ2) is 9.51. The van der Waals surface area contributed by atoms with E-state index in [0.717, 1.165) is 5.75 Å². The third-order valence-electron chi connectivity index (χ3n) is 4.79. The summed E-state index contributed by atoms with van der Waals surface area (Å²) in [5.41, 5.74) is 1.31. The van der Waals surface area contributed by atoms with E-state index in [1.807, 2.05) is 12.1 Å². The van der Waals surface area contributed by atoms with Crippen molar-refractivity contribution in [2.45, 2.75) is 71.1 Å². The Kier molecular flexibility index (Phi) is 8.38. The van der Waals surface area contributed by atoms with Crippen LogP contribution in [0.2, 0.25) is 0 Å². The van der Waals surface area contributed by atoms with Crippen molar-refractivity contribution in [1.82, 2.24) is 4.90 Å². The molecule has 1 aromatic carbocycles. The Morgan fingerprint density at radius 1 is 1.13 bits per heavy atom. The van der Waals surface area contributed by atoms with Crippen molar-refractivity contribution in [2.75, 3.05) is 13.2 Å². The molecule has 0 spiro atoms. The summed E-state index contributed by atoms with van der Waals surface area (Å²) in [4.78, 5) is 2.42. The van der Waals surface area contributed by atoms with Gasteiger partial charge in [0.2, 0.25) is 0 Å². The van der Waals surface area contributed by atoms with Gasteiger partial charge in [-0.15, -0.1) is 12.4 Å². The zero-order valence-corrected chi connectivity index (χ0v) is 15.7. The molecule has 23 heavy (non-hydrogen) atoms. The monoisotopic (exact) mass is 341 g/mol. The van der Waals surface area contributed by atoms with Crippen LogP contribution in [0, 0.1) is 0 Å². The van der Waals surface area contributed by atoms with Gasteiger partial charge in [-0.1, -0.05) is 32.4 Å². The summed E-state index contributed by atoms with van der Waals surface area (Å²) in [7, 11) is 0. The first-order valence-electron chi connectivity index (χ1n) is 8.64. The Morgan fingerprint density at radius 2 is 1.70 bits per heavy atom. The second-order valence-electron chi connectivity index (χ2n) is 7.01. The first-order valence-corrected chi connectivity index (χ1v) is 8.64. The zero-order chi connectivity index (χ0) is 16.1. The largest absolute Gasteiger partial charge is 0.491 e. The molecule has 1 aromatic rings. The number of hydrogen-bond acceptors (Lipinski definition) is 3. The number of aliphatic hydroxyl groups is 1. The maximum Gasteiger partial charge on any atom is 0.119 e. The van der Waals surface area contributed by atoms with Gasteiger partial charge in [0.05, 0.1) is 0 Å². The number of halogens is 1. The summed E-state index contributed by atoms with van der Waals surface area (Å²) >= 11 is 0. The van der Waals surface area contributed by atoms with E-state index in [-0.39, 0.29) is 12.4 Å². The van der Waals surface area contributed by atoms with Crippen LogP contribution in [0.5, 0.6) is 5.75 Å². The van der Waals surface area contributed by atoms with E-state index in [2.05, 4.69) is 44.7 Å². The van der Waals surface area contributed by atoms with Crippen molar-refractivity contribution < 1.29 is 9.84 Å². The van der Waals surface area contributed by atoms with Crippen molar-refractivity contribution in [3.8, 4) is 5.75 Å². The highest BCUT2D eigenvalue weighted by Crippen LogP contribution is 2.23. The summed E-state index contributed by atoms with van der Waals surface area (Å²) in [6, 6.07) is 9.30. The average Bonchev–Trinajstić information content (AvgIpc) is 2.49. The Hall–Kier alpha value is -0.770. The van der Waals surface area contributed by atoms with Crippen molar-refractivity contribution in [3.63, 3.8) is 0 Å². The molecular weight excluding hydrogens is 310 g/mol. The molecule has 1 N–H and O–H groups in total. The third kappa shape index (κ3) is 5.98. The van der Waals surface area contributed by atoms with Gasteiger partial charge < -0.3 is 9.84 Å². The fourth-order valence-corrected chi connectivity index (χ4v) is 3.27. The minimum absolute atomic E-state index is 0. The molecule has 0 radical (unpaired) electrons. The topological polar surface area (TPSA) is 32.7 Å². The van der Waals surface area contributed by atoms with Gasteiger partial charge in [0.15, 0.2) is 0 Å². The second-order valence-corrected chi connectivity index (χ2v) is 7.01. The first kappa shape index (κ1) is 20.3. The molecule has 1 aliphatic heterocycles. The number of aliphatic hydroxyl groups excluding tert-OH is 1. The quantitative estimate of drug-likeness (QED) is 0.840. The number of ether oxygens (including phenoxy) is 1. The smallest absolute Gasteiger partial charge is 0.119 e. The van der Waals surface area contributed by atoms with Gasteiger partial charge in [0, 0.05) is 18.6 Å². The molecule has 0 aliphatic carbocycles. The molecular formula is C19H32ClNO2. The molecule has 1 heterocycles. The van der Waals surface area contributed by atoms with Gasteiger partial charge in [-0.3, -0.25) is 4.90 Å². The van der Waals surface area contributed by atoms with Crippen molar-refractivity contribution in [1.29, 1.82) is 0 Å². The number of β-amino-alcohol motifs (C(OH)–C–C–N with tert-alkyl or cyclic N) is 1. The summed E-state index contributed by atoms with van der Waals surface area (Å²) in [5.74, 6) is 1.37. The number of likely N-dealkylation sites (tertiary alicyclic amines) is 1. The van der Waals surface area contributed by atoms with Gasteiger partial charge in [-0.25, -0.2) is 0 Å². The van der Waals surface area contributed by atoms with Crippen LogP contribution in [-0.4, -0.2) is 41.3 Å². The van der Waals surface area contributed by atoms with Crippen molar-refractivity contribution in [3.05, 3.63) is 29.8 Å². The van der Waals surface area contributed by atoms with Crippen LogP contribution < -0.4 is 4.74 Å². The maximum absolute atomic E-state index is 10.3. The summed E-state index contributed by atoms with van der Waals surface area (Å²) in [5, 5.41) is 10.3. The predicted molar refractivity (Wildman–Crippen MR) is 98.8 cm³/mol. The molecule has 2 rings (SSSR count). The normalized spacial score (nSPS) is 23.4. The van der Waals surface area contributed by atoms with E-state index in [1.54, 1.807) is 0 Å². The van der Waals surface area contributed by atoms with Gasteiger partial charge in [0.1, 0.15) is 18.5 Å². The minimum atomic E-state index is -0.437. The molecule has 0 aromatic heterocycles. The van der Waals surface area contributed by atoms with E-state index >= 15 is 0 Å². The molecule has 1 saturated heterocycles. The maximum atomic E-state index is 10.3. The highest BCUT2D eigenvalue weighted by Gasteiger charge is 2.26. The van der Waals surface area contributed by atoms with E-state index in [0.29, 0.717) is 31.2 Å². The van der Waals surface area contributed by atoms with Crippen LogP contribution in [0.15, 0.2) is 24.3 Å². The third-order valence-corrected chi connectivity index (χ3v) is 4.79. The first-order chi connectivity index (χ1) is 10.5. The van der Waals surface area contributed by atoms with E-state index < -0.39 is 6.10 Å². The van der Waals surface area contributed by atoms with Crippen molar-refractivity contribution >= 4 is 12.4 Å². The fraction of sp³-hybridized carbons (Fsp3) is 0.684. The lowest BCUT2D eigenvalue weighted by molar-refractivity contribution is 0.0209. The van der Waals surface area contributed by atoms with E-state index in [9.17, 15) is 5.11 Å². The molecule has 3 atom stereocenters. The van der Waals surface area contributed by atoms with Crippen LogP contribution >= 0.6 is 12.4 Å². The average molecular weight is 342 g/mol. The molecule has 1 fully saturated rings. The Bertz CT molecular complexity index is 439. The van der Waals surface area contributed by atoms with Gasteiger partial charge in [-0.05, 0) is 50.3 Å². The highest BCUT2D eigenvalue weighted by molar-refractivity contribution is 5.85. The SMILES string of the molecule is CC(C)c1ccc(OCC(O)CN2C(C)CCCC2C)cc1.Cl. The van der Waals surface area contributed by atoms with Gasteiger partial charge >= 0.3 is 0 Å². The lowest BCUT2D eigenvalue weighted by Crippen LogP contribution is -2.48. The van der Waals surface area contributed by atoms with Gasteiger partial charge in [-0.2, -0.15) is 0 Å². The molecule has 0 saturated carbocycles. The molecule has 4 heteroatoms. The standard InChI is InChI=1S/C19H31NO2.ClH/c1-14(2)17-8-10-19(11-9-17)22-13-18(21)12-20-15(3)6-5-7-16(20)4;/h8-11,14-16,18,21H,5-7,12-13H2,1-4H3;1H. The Labute approximate surface area is 147 Å². The lowest BCUT2D eigenvalue weighted by atomic mass is 9.97. The molecule has 3 unspecified atom stereocenters. The van der Waals surface area contributed by atoms with Gasteiger partial charge in [0.25, 0.3) is 0 Å². The Balaban J connectivity index is 0.00000264. The fourth-order valence-electron chi connectivity index (χ4n) is 3.27.